The summed E-state index contributed by atoms with van der Waals surface area (Å²) in [4.78, 5) is 0.790. The normalized spacial score (nSPS) is 9.45. The van der Waals surface area contributed by atoms with E-state index in [9.17, 15) is 0 Å². The van der Waals surface area contributed by atoms with Crippen molar-refractivity contribution in [2.75, 3.05) is 6.54 Å². The summed E-state index contributed by atoms with van der Waals surface area (Å²) >= 11 is 1.50. The van der Waals surface area contributed by atoms with Crippen molar-refractivity contribution in [2.45, 2.75) is 13.5 Å². The van der Waals surface area contributed by atoms with Gasteiger partial charge in [0.15, 0.2) is 0 Å². The average molecular weight is 166 g/mol. The quantitative estimate of drug-likeness (QED) is 0.742. The van der Waals surface area contributed by atoms with Crippen molar-refractivity contribution in [1.29, 1.82) is 5.26 Å². The molecule has 3 heteroatoms. The highest BCUT2D eigenvalue weighted by molar-refractivity contribution is 7.10. The Kier molecular flexibility index (Phi) is 3.09. The maximum Gasteiger partial charge on any atom is 0.110 e. The maximum absolute atomic E-state index is 8.52. The minimum atomic E-state index is 0.790. The van der Waals surface area contributed by atoms with E-state index in [0.717, 1.165) is 18.0 Å². The van der Waals surface area contributed by atoms with Crippen molar-refractivity contribution in [1.82, 2.24) is 5.32 Å². The van der Waals surface area contributed by atoms with Crippen LogP contribution in [0.1, 0.15) is 17.4 Å². The molecule has 0 saturated carbocycles. The van der Waals surface area contributed by atoms with E-state index in [0.29, 0.717) is 0 Å². The second-order valence-electron chi connectivity index (χ2n) is 2.21. The summed E-state index contributed by atoms with van der Waals surface area (Å²) in [6, 6.07) is 4.04. The standard InChI is InChI=1S/C8H10N2S/c1-2-10-5-7-3-8(4-9)11-6-7/h3,6,10H,2,5H2,1H3. The van der Waals surface area contributed by atoms with Crippen LogP contribution in [0.4, 0.5) is 0 Å². The molecule has 0 unspecified atom stereocenters. The predicted molar refractivity (Wildman–Crippen MR) is 46.4 cm³/mol. The van der Waals surface area contributed by atoms with Gasteiger partial charge in [-0.3, -0.25) is 0 Å². The second-order valence-corrected chi connectivity index (χ2v) is 3.12. The summed E-state index contributed by atoms with van der Waals surface area (Å²) < 4.78 is 0. The van der Waals surface area contributed by atoms with Crippen LogP contribution in [0.15, 0.2) is 11.4 Å². The zero-order valence-corrected chi connectivity index (χ0v) is 7.24. The molecular formula is C8H10N2S. The summed E-state index contributed by atoms with van der Waals surface area (Å²) in [5.41, 5.74) is 1.20. The maximum atomic E-state index is 8.52. The molecular weight excluding hydrogens is 156 g/mol. The highest BCUT2D eigenvalue weighted by atomic mass is 32.1. The monoisotopic (exact) mass is 166 g/mol. The molecule has 0 amide bonds. The van der Waals surface area contributed by atoms with Gasteiger partial charge in [0.2, 0.25) is 0 Å². The third kappa shape index (κ3) is 2.34. The first-order chi connectivity index (χ1) is 5.36. The van der Waals surface area contributed by atoms with Crippen molar-refractivity contribution in [3.05, 3.63) is 21.9 Å². The van der Waals surface area contributed by atoms with Crippen molar-refractivity contribution >= 4 is 11.3 Å². The van der Waals surface area contributed by atoms with Crippen molar-refractivity contribution in [3.63, 3.8) is 0 Å². The number of rotatable bonds is 3. The Hall–Kier alpha value is -0.850. The Morgan fingerprint density at radius 3 is 3.09 bits per heavy atom. The molecule has 1 aromatic rings. The molecule has 0 radical (unpaired) electrons. The topological polar surface area (TPSA) is 35.8 Å². The van der Waals surface area contributed by atoms with E-state index < -0.39 is 0 Å². The van der Waals surface area contributed by atoms with Crippen LogP contribution in [0, 0.1) is 11.3 Å². The van der Waals surface area contributed by atoms with Crippen LogP contribution in [0.3, 0.4) is 0 Å². The van der Waals surface area contributed by atoms with Crippen LogP contribution in [0.2, 0.25) is 0 Å². The lowest BCUT2D eigenvalue weighted by Crippen LogP contribution is -2.10. The molecule has 0 aliphatic rings. The van der Waals surface area contributed by atoms with Gasteiger partial charge in [0.1, 0.15) is 10.9 Å². The van der Waals surface area contributed by atoms with Gasteiger partial charge in [0.05, 0.1) is 0 Å². The number of hydrogen-bond acceptors (Lipinski definition) is 3. The summed E-state index contributed by atoms with van der Waals surface area (Å²) in [5, 5.41) is 13.7. The molecule has 1 aromatic heterocycles. The SMILES string of the molecule is CCNCc1csc(C#N)c1. The lowest BCUT2D eigenvalue weighted by Gasteiger charge is -1.95. The number of nitriles is 1. The van der Waals surface area contributed by atoms with Gasteiger partial charge in [-0.1, -0.05) is 6.92 Å². The molecule has 0 fully saturated rings. The number of nitrogens with zero attached hydrogens (tertiary/aromatic N) is 1. The van der Waals surface area contributed by atoms with Gasteiger partial charge in [-0.05, 0) is 23.6 Å². The largest absolute Gasteiger partial charge is 0.313 e. The lowest BCUT2D eigenvalue weighted by atomic mass is 10.3. The van der Waals surface area contributed by atoms with Gasteiger partial charge in [0.25, 0.3) is 0 Å². The number of nitrogens with one attached hydrogen (secondary N) is 1. The predicted octanol–water partition coefficient (Wildman–Crippen LogP) is 1.73. The van der Waals surface area contributed by atoms with Crippen molar-refractivity contribution < 1.29 is 0 Å². The molecule has 0 atom stereocenters. The minimum absolute atomic E-state index is 0.790. The van der Waals surface area contributed by atoms with Gasteiger partial charge in [-0.15, -0.1) is 11.3 Å². The Morgan fingerprint density at radius 1 is 1.73 bits per heavy atom. The third-order valence-corrected chi connectivity index (χ3v) is 2.23. The fourth-order valence-electron chi connectivity index (χ4n) is 0.796. The van der Waals surface area contributed by atoms with Gasteiger partial charge in [-0.2, -0.15) is 5.26 Å². The van der Waals surface area contributed by atoms with E-state index in [1.54, 1.807) is 0 Å². The second kappa shape index (κ2) is 4.12. The molecule has 11 heavy (non-hydrogen) atoms. The van der Waals surface area contributed by atoms with Crippen LogP contribution < -0.4 is 5.32 Å². The van der Waals surface area contributed by atoms with Gasteiger partial charge < -0.3 is 5.32 Å². The first-order valence-electron chi connectivity index (χ1n) is 3.55. The Labute approximate surface area is 70.5 Å². The van der Waals surface area contributed by atoms with E-state index in [-0.39, 0.29) is 0 Å². The average Bonchev–Trinajstić information content (AvgIpc) is 2.48. The Morgan fingerprint density at radius 2 is 2.55 bits per heavy atom. The summed E-state index contributed by atoms with van der Waals surface area (Å²) in [7, 11) is 0. The van der Waals surface area contributed by atoms with Crippen LogP contribution in [-0.4, -0.2) is 6.54 Å². The van der Waals surface area contributed by atoms with Crippen LogP contribution in [-0.2, 0) is 6.54 Å². The molecule has 0 saturated heterocycles. The van der Waals surface area contributed by atoms with Crippen LogP contribution in [0.25, 0.3) is 0 Å². The molecule has 0 aromatic carbocycles. The molecule has 0 spiro atoms. The summed E-state index contributed by atoms with van der Waals surface area (Å²) in [5.74, 6) is 0. The number of thiophene rings is 1. The van der Waals surface area contributed by atoms with E-state index >= 15 is 0 Å². The molecule has 1 heterocycles. The van der Waals surface area contributed by atoms with Crippen molar-refractivity contribution in [2.24, 2.45) is 0 Å². The molecule has 2 nitrogen and oxygen atoms in total. The van der Waals surface area contributed by atoms with E-state index in [2.05, 4.69) is 18.3 Å². The molecule has 0 bridgehead atoms. The molecule has 0 aliphatic heterocycles. The van der Waals surface area contributed by atoms with Gasteiger partial charge in [0, 0.05) is 6.54 Å². The van der Waals surface area contributed by atoms with E-state index in [4.69, 9.17) is 5.26 Å². The minimum Gasteiger partial charge on any atom is -0.313 e. The first-order valence-corrected chi connectivity index (χ1v) is 4.43. The first kappa shape index (κ1) is 8.25. The van der Waals surface area contributed by atoms with Gasteiger partial charge >= 0.3 is 0 Å². The highest BCUT2D eigenvalue weighted by Gasteiger charge is 1.96. The molecule has 58 valence electrons. The third-order valence-electron chi connectivity index (χ3n) is 1.34. The molecule has 1 rings (SSSR count). The highest BCUT2D eigenvalue weighted by Crippen LogP contribution is 2.12. The zero-order valence-electron chi connectivity index (χ0n) is 6.42. The van der Waals surface area contributed by atoms with Crippen molar-refractivity contribution in [3.8, 4) is 6.07 Å². The lowest BCUT2D eigenvalue weighted by molar-refractivity contribution is 0.728. The number of hydrogen-bond donors (Lipinski definition) is 1. The fraction of sp³-hybridized carbons (Fsp3) is 0.375. The fourth-order valence-corrected chi connectivity index (χ4v) is 1.50. The summed E-state index contributed by atoms with van der Waals surface area (Å²) in [6.07, 6.45) is 0. The zero-order chi connectivity index (χ0) is 8.10. The Bertz CT molecular complexity index is 259. The van der Waals surface area contributed by atoms with Crippen LogP contribution in [0.5, 0.6) is 0 Å². The van der Waals surface area contributed by atoms with Crippen LogP contribution >= 0.6 is 11.3 Å². The van der Waals surface area contributed by atoms with Gasteiger partial charge in [-0.25, -0.2) is 0 Å². The van der Waals surface area contributed by atoms with E-state index in [1.165, 1.54) is 16.9 Å². The Balaban J connectivity index is 2.53. The smallest absolute Gasteiger partial charge is 0.110 e. The molecule has 1 N–H and O–H groups in total. The van der Waals surface area contributed by atoms with E-state index in [1.807, 2.05) is 11.4 Å². The molecule has 0 aliphatic carbocycles. The summed E-state index contributed by atoms with van der Waals surface area (Å²) in [6.45, 7) is 3.91.